The predicted molar refractivity (Wildman–Crippen MR) is 132 cm³/mol. The summed E-state index contributed by atoms with van der Waals surface area (Å²) in [5.74, 6) is 0.272. The number of hydrogen-bond acceptors (Lipinski definition) is 10. The Morgan fingerprint density at radius 2 is 1.73 bits per heavy atom. The highest BCUT2D eigenvalue weighted by atomic mass is 19.4. The number of halogens is 3. The van der Waals surface area contributed by atoms with Gasteiger partial charge >= 0.3 is 6.18 Å². The van der Waals surface area contributed by atoms with Gasteiger partial charge < -0.3 is 29.9 Å². The van der Waals surface area contributed by atoms with Crippen LogP contribution in [0.15, 0.2) is 66.2 Å². The van der Waals surface area contributed by atoms with E-state index in [2.05, 4.69) is 15.2 Å². The first-order valence-electron chi connectivity index (χ1n) is 11.9. The number of hydrogen-bond donors (Lipinski definition) is 5. The fourth-order valence-corrected chi connectivity index (χ4v) is 4.05. The molecule has 2 aromatic heterocycles. The van der Waals surface area contributed by atoms with Crippen LogP contribution >= 0.6 is 0 Å². The Morgan fingerprint density at radius 1 is 1.02 bits per heavy atom. The van der Waals surface area contributed by atoms with Crippen molar-refractivity contribution in [2.24, 2.45) is 5.10 Å². The number of benzene rings is 2. The Hall–Kier alpha value is -4.15. The molecule has 12 nitrogen and oxygen atoms in total. The Balaban J connectivity index is 1.30. The van der Waals surface area contributed by atoms with Crippen LogP contribution in [0, 0.1) is 5.41 Å². The molecule has 15 heteroatoms. The third-order valence-corrected chi connectivity index (χ3v) is 6.27. The van der Waals surface area contributed by atoms with Crippen LogP contribution in [0.4, 0.5) is 13.2 Å². The number of aromatic nitrogens is 4. The Morgan fingerprint density at radius 3 is 2.38 bits per heavy atom. The third-order valence-electron chi connectivity index (χ3n) is 6.27. The number of aliphatic hydroxyl groups excluding tert-OH is 4. The first-order valence-corrected chi connectivity index (χ1v) is 11.9. The van der Waals surface area contributed by atoms with Crippen LogP contribution in [0.1, 0.15) is 11.1 Å². The Bertz CT molecular complexity index is 1570. The van der Waals surface area contributed by atoms with Gasteiger partial charge in [0.25, 0.3) is 0 Å². The largest absolute Gasteiger partial charge is 0.462 e. The van der Waals surface area contributed by atoms with Gasteiger partial charge in [0, 0.05) is 0 Å². The summed E-state index contributed by atoms with van der Waals surface area (Å²) in [5, 5.41) is 56.3. The molecule has 0 aliphatic carbocycles. The quantitative estimate of drug-likeness (QED) is 0.215. The van der Waals surface area contributed by atoms with E-state index in [1.807, 2.05) is 0 Å². The summed E-state index contributed by atoms with van der Waals surface area (Å²) in [6.45, 7) is -0.577. The summed E-state index contributed by atoms with van der Waals surface area (Å²) < 4.78 is 52.0. The van der Waals surface area contributed by atoms with Gasteiger partial charge in [-0.25, -0.2) is 14.3 Å². The Kier molecular flexibility index (Phi) is 7.39. The lowest BCUT2D eigenvalue weighted by Crippen LogP contribution is -2.60. The monoisotopic (exact) mass is 560 g/mol. The molecule has 1 aliphatic heterocycles. The minimum Gasteiger partial charge on any atom is -0.462 e. The van der Waals surface area contributed by atoms with E-state index in [-0.39, 0.29) is 16.9 Å². The summed E-state index contributed by atoms with van der Waals surface area (Å²) in [6.07, 6.45) is -7.38. The summed E-state index contributed by atoms with van der Waals surface area (Å²) >= 11 is 0. The molecule has 1 aliphatic rings. The van der Waals surface area contributed by atoms with Crippen LogP contribution in [-0.4, -0.2) is 83.4 Å². The molecular weight excluding hydrogens is 537 g/mol. The SMILES string of the molecule is N=c1c2cnn(-c3ccc(C(F)(F)F)cc3)c2ncn1/N=C\c1ccc(OC2OC(CO)C(O)C(O)C2O)cc1. The molecule has 40 heavy (non-hydrogen) atoms. The molecule has 0 radical (unpaired) electrons. The van der Waals surface area contributed by atoms with E-state index in [1.165, 1.54) is 40.2 Å². The van der Waals surface area contributed by atoms with Crippen molar-refractivity contribution in [2.45, 2.75) is 36.9 Å². The van der Waals surface area contributed by atoms with Crippen molar-refractivity contribution in [3.05, 3.63) is 77.7 Å². The van der Waals surface area contributed by atoms with Gasteiger partial charge in [0.2, 0.25) is 6.29 Å². The second-order valence-corrected chi connectivity index (χ2v) is 8.90. The first kappa shape index (κ1) is 27.4. The van der Waals surface area contributed by atoms with E-state index in [1.54, 1.807) is 24.3 Å². The number of aliphatic hydroxyl groups is 4. The minimum atomic E-state index is -4.46. The van der Waals surface area contributed by atoms with Crippen LogP contribution in [0.3, 0.4) is 0 Å². The normalized spacial score (nSPS) is 23.6. The lowest BCUT2D eigenvalue weighted by Gasteiger charge is -2.39. The third kappa shape index (κ3) is 5.32. The first-order chi connectivity index (χ1) is 19.1. The molecule has 0 saturated carbocycles. The highest BCUT2D eigenvalue weighted by Gasteiger charge is 2.44. The molecule has 2 aromatic carbocycles. The number of nitrogens with zero attached hydrogens (tertiary/aromatic N) is 5. The standard InChI is InChI=1S/C25H23F3N6O6/c26-25(27,28)14-3-5-15(6-4-14)34-23-17(10-32-34)22(29)33(12-30-23)31-9-13-1-7-16(8-2-13)39-24-21(38)20(37)19(36)18(11-35)40-24/h1-10,12,18-21,24,29,35-38H,11H2/b29-22?,31-9-. The van der Waals surface area contributed by atoms with E-state index < -0.39 is 49.1 Å². The van der Waals surface area contributed by atoms with Crippen LogP contribution in [0.25, 0.3) is 16.7 Å². The van der Waals surface area contributed by atoms with Crippen molar-refractivity contribution < 1.29 is 43.1 Å². The zero-order valence-corrected chi connectivity index (χ0v) is 20.4. The van der Waals surface area contributed by atoms with Gasteiger partial charge in [0.15, 0.2) is 11.1 Å². The summed E-state index contributed by atoms with van der Waals surface area (Å²) in [5.41, 5.74) is 0.381. The molecule has 4 aromatic rings. The number of nitrogens with one attached hydrogen (secondary N) is 1. The molecule has 5 atom stereocenters. The van der Waals surface area contributed by atoms with Crippen molar-refractivity contribution in [2.75, 3.05) is 6.61 Å². The molecule has 210 valence electrons. The van der Waals surface area contributed by atoms with Crippen molar-refractivity contribution in [1.29, 1.82) is 5.41 Å². The second kappa shape index (κ2) is 10.8. The maximum Gasteiger partial charge on any atom is 0.416 e. The number of rotatable bonds is 6. The van der Waals surface area contributed by atoms with Gasteiger partial charge in [0.1, 0.15) is 36.5 Å². The van der Waals surface area contributed by atoms with Gasteiger partial charge in [-0.15, -0.1) is 0 Å². The molecule has 1 fully saturated rings. The van der Waals surface area contributed by atoms with Gasteiger partial charge in [-0.3, -0.25) is 5.41 Å². The predicted octanol–water partition coefficient (Wildman–Crippen LogP) is 0.781. The maximum atomic E-state index is 12.9. The average molecular weight is 560 g/mol. The molecule has 5 unspecified atom stereocenters. The molecule has 1 saturated heterocycles. The van der Waals surface area contributed by atoms with E-state index in [0.29, 0.717) is 16.6 Å². The topological polar surface area (TPSA) is 171 Å². The van der Waals surface area contributed by atoms with Crippen molar-refractivity contribution in [3.63, 3.8) is 0 Å². The number of fused-ring (bicyclic) bond motifs is 1. The lowest BCUT2D eigenvalue weighted by molar-refractivity contribution is -0.277. The van der Waals surface area contributed by atoms with Crippen LogP contribution in [-0.2, 0) is 10.9 Å². The highest BCUT2D eigenvalue weighted by molar-refractivity contribution is 5.80. The van der Waals surface area contributed by atoms with Gasteiger partial charge in [-0.2, -0.15) is 23.4 Å². The van der Waals surface area contributed by atoms with Gasteiger partial charge in [-0.1, -0.05) is 0 Å². The van der Waals surface area contributed by atoms with E-state index >= 15 is 0 Å². The van der Waals surface area contributed by atoms with E-state index in [4.69, 9.17) is 14.9 Å². The van der Waals surface area contributed by atoms with Crippen molar-refractivity contribution >= 4 is 17.2 Å². The summed E-state index contributed by atoms with van der Waals surface area (Å²) in [4.78, 5) is 4.27. The minimum absolute atomic E-state index is 0.0537. The maximum absolute atomic E-state index is 12.9. The zero-order valence-electron chi connectivity index (χ0n) is 20.4. The molecule has 0 bridgehead atoms. The molecule has 0 spiro atoms. The molecule has 3 heterocycles. The van der Waals surface area contributed by atoms with Crippen molar-refractivity contribution in [3.8, 4) is 11.4 Å². The molecular formula is C25H23F3N6O6. The fourth-order valence-electron chi connectivity index (χ4n) is 4.05. The Labute approximate surface area is 223 Å². The fraction of sp³-hybridized carbons (Fsp3) is 0.280. The lowest BCUT2D eigenvalue weighted by atomic mass is 9.99. The van der Waals surface area contributed by atoms with E-state index in [9.17, 15) is 33.6 Å². The molecule has 5 N–H and O–H groups in total. The van der Waals surface area contributed by atoms with E-state index in [0.717, 1.165) is 12.1 Å². The van der Waals surface area contributed by atoms with Crippen LogP contribution in [0.2, 0.25) is 0 Å². The highest BCUT2D eigenvalue weighted by Crippen LogP contribution is 2.30. The van der Waals surface area contributed by atoms with Crippen LogP contribution < -0.4 is 10.2 Å². The van der Waals surface area contributed by atoms with Crippen LogP contribution in [0.5, 0.6) is 5.75 Å². The average Bonchev–Trinajstić information content (AvgIpc) is 3.38. The number of ether oxygens (including phenoxy) is 2. The smallest absolute Gasteiger partial charge is 0.416 e. The summed E-state index contributed by atoms with van der Waals surface area (Å²) in [6, 6.07) is 10.8. The molecule has 0 amide bonds. The van der Waals surface area contributed by atoms with Gasteiger partial charge in [0.05, 0.1) is 35.7 Å². The number of alkyl halides is 3. The van der Waals surface area contributed by atoms with Crippen molar-refractivity contribution in [1.82, 2.24) is 19.4 Å². The second-order valence-electron chi connectivity index (χ2n) is 8.90. The zero-order chi connectivity index (χ0) is 28.6. The van der Waals surface area contributed by atoms with Gasteiger partial charge in [-0.05, 0) is 54.1 Å². The summed E-state index contributed by atoms with van der Waals surface area (Å²) in [7, 11) is 0. The molecule has 5 rings (SSSR count).